The normalized spacial score (nSPS) is 14.1. The summed E-state index contributed by atoms with van der Waals surface area (Å²) in [5, 5.41) is 11.0. The number of anilines is 6. The average molecular weight is 723 g/mol. The summed E-state index contributed by atoms with van der Waals surface area (Å²) in [6.07, 6.45) is 11.7. The number of ether oxygens (including phenoxy) is 1. The molecule has 1 aliphatic rings. The SMILES string of the molecule is COc1cc(N2CCC(N(C)C)CC2)c(-c2cnn(C)c2)cc1Nc1ncc(Br)c(Nc2ccc3nccnc3c2NS(C)(=O)=O)n1. The average Bonchev–Trinajstić information content (AvgIpc) is 3.49. The fourth-order valence-electron chi connectivity index (χ4n) is 5.70. The molecule has 1 aliphatic heterocycles. The maximum absolute atomic E-state index is 12.3. The van der Waals surface area contributed by atoms with E-state index in [1.54, 1.807) is 36.3 Å². The van der Waals surface area contributed by atoms with Crippen LogP contribution in [0.25, 0.3) is 22.2 Å². The Morgan fingerprint density at radius 2 is 1.79 bits per heavy atom. The Kier molecular flexibility index (Phi) is 9.16. The molecule has 0 aliphatic carbocycles. The molecule has 5 aromatic rings. The van der Waals surface area contributed by atoms with E-state index in [1.165, 1.54) is 6.20 Å². The Morgan fingerprint density at radius 3 is 2.47 bits per heavy atom. The van der Waals surface area contributed by atoms with Gasteiger partial charge in [0.25, 0.3) is 0 Å². The van der Waals surface area contributed by atoms with Crippen molar-refractivity contribution >= 4 is 71.5 Å². The zero-order valence-electron chi connectivity index (χ0n) is 26.7. The summed E-state index contributed by atoms with van der Waals surface area (Å²) < 4.78 is 35.4. The van der Waals surface area contributed by atoms with Crippen molar-refractivity contribution in [3.8, 4) is 16.9 Å². The molecule has 0 radical (unpaired) electrons. The number of hydrogen-bond donors (Lipinski definition) is 3. The van der Waals surface area contributed by atoms with E-state index in [4.69, 9.17) is 9.72 Å². The zero-order valence-corrected chi connectivity index (χ0v) is 29.1. The van der Waals surface area contributed by atoms with E-state index >= 15 is 0 Å². The second kappa shape index (κ2) is 13.3. The molecule has 3 N–H and O–H groups in total. The number of piperidine rings is 1. The quantitative estimate of drug-likeness (QED) is 0.178. The van der Waals surface area contributed by atoms with Crippen molar-refractivity contribution < 1.29 is 13.2 Å². The van der Waals surface area contributed by atoms with Gasteiger partial charge in [-0.1, -0.05) is 0 Å². The standard InChI is InChI=1S/C31H36BrN11O3S/c1-41(2)20-8-12-43(13-9-20)26-15-27(46-4)25(14-21(26)19-16-36-42(3)18-19)38-31-35-17-22(32)30(39-31)37-24-7-6-23-28(34-11-10-33-23)29(24)40-47(5,44)45/h6-7,10-11,14-18,20,40H,8-9,12-13H2,1-5H3,(H2,35,37,38,39). The largest absolute Gasteiger partial charge is 0.494 e. The monoisotopic (exact) mass is 721 g/mol. The molecule has 2 aromatic carbocycles. The highest BCUT2D eigenvalue weighted by Crippen LogP contribution is 2.41. The molecule has 0 unspecified atom stereocenters. The van der Waals surface area contributed by atoms with Crippen molar-refractivity contribution in [2.24, 2.45) is 7.05 Å². The minimum Gasteiger partial charge on any atom is -0.494 e. The summed E-state index contributed by atoms with van der Waals surface area (Å²) in [6, 6.07) is 8.11. The van der Waals surface area contributed by atoms with Crippen LogP contribution in [0.15, 0.2) is 59.7 Å². The number of fused-ring (bicyclic) bond motifs is 1. The number of sulfonamides is 1. The first-order valence-corrected chi connectivity index (χ1v) is 17.6. The summed E-state index contributed by atoms with van der Waals surface area (Å²) in [5.41, 5.74) is 5.36. The predicted octanol–water partition coefficient (Wildman–Crippen LogP) is 4.98. The minimum atomic E-state index is -3.63. The lowest BCUT2D eigenvalue weighted by atomic mass is 9.99. The number of methoxy groups -OCH3 is 1. The van der Waals surface area contributed by atoms with Gasteiger partial charge in [-0.05, 0) is 61.1 Å². The van der Waals surface area contributed by atoms with Crippen LogP contribution in [0.4, 0.5) is 34.5 Å². The van der Waals surface area contributed by atoms with E-state index in [1.807, 2.05) is 25.5 Å². The molecule has 0 spiro atoms. The lowest BCUT2D eigenvalue weighted by molar-refractivity contribution is 0.249. The van der Waals surface area contributed by atoms with E-state index in [-0.39, 0.29) is 5.69 Å². The fraction of sp³-hybridized carbons (Fsp3) is 0.323. The molecular weight excluding hydrogens is 686 g/mol. The molecule has 3 aromatic heterocycles. The lowest BCUT2D eigenvalue weighted by Crippen LogP contribution is -2.42. The van der Waals surface area contributed by atoms with Crippen LogP contribution in [0.3, 0.4) is 0 Å². The van der Waals surface area contributed by atoms with E-state index in [0.29, 0.717) is 50.4 Å². The van der Waals surface area contributed by atoms with Gasteiger partial charge in [-0.25, -0.2) is 13.4 Å². The van der Waals surface area contributed by atoms with Crippen LogP contribution in [0.5, 0.6) is 5.75 Å². The summed E-state index contributed by atoms with van der Waals surface area (Å²) in [7, 11) is 4.18. The molecular formula is C31H36BrN11O3S. The number of benzene rings is 2. The topological polar surface area (TPSA) is 155 Å². The molecule has 1 saturated heterocycles. The smallest absolute Gasteiger partial charge is 0.229 e. The van der Waals surface area contributed by atoms with Gasteiger partial charge in [0.05, 0.1) is 46.6 Å². The third-order valence-corrected chi connectivity index (χ3v) is 9.20. The van der Waals surface area contributed by atoms with Crippen molar-refractivity contribution in [2.45, 2.75) is 18.9 Å². The molecule has 6 rings (SSSR count). The number of aryl methyl sites for hydroxylation is 1. The number of aromatic nitrogens is 6. The van der Waals surface area contributed by atoms with Crippen molar-refractivity contribution in [1.82, 2.24) is 34.6 Å². The van der Waals surface area contributed by atoms with E-state index < -0.39 is 10.0 Å². The molecule has 0 bridgehead atoms. The Hall–Kier alpha value is -4.54. The predicted molar refractivity (Wildman–Crippen MR) is 188 cm³/mol. The molecule has 1 fully saturated rings. The van der Waals surface area contributed by atoms with Crippen LogP contribution >= 0.6 is 15.9 Å². The highest BCUT2D eigenvalue weighted by molar-refractivity contribution is 9.10. The van der Waals surface area contributed by atoms with E-state index in [9.17, 15) is 8.42 Å². The number of rotatable bonds is 10. The maximum atomic E-state index is 12.3. The molecule has 47 heavy (non-hydrogen) atoms. The number of hydrogen-bond acceptors (Lipinski definition) is 12. The molecule has 0 saturated carbocycles. The minimum absolute atomic E-state index is 0.256. The third-order valence-electron chi connectivity index (χ3n) is 8.04. The number of nitrogens with zero attached hydrogens (tertiary/aromatic N) is 8. The van der Waals surface area contributed by atoms with Gasteiger partial charge in [0.1, 0.15) is 17.1 Å². The summed E-state index contributed by atoms with van der Waals surface area (Å²) >= 11 is 3.52. The Balaban J connectivity index is 1.35. The van der Waals surface area contributed by atoms with E-state index in [2.05, 4.69) is 81.3 Å². The second-order valence-electron chi connectivity index (χ2n) is 11.6. The van der Waals surface area contributed by atoms with E-state index in [0.717, 1.165) is 49.0 Å². The molecule has 16 heteroatoms. The first-order valence-electron chi connectivity index (χ1n) is 14.9. The van der Waals surface area contributed by atoms with Crippen molar-refractivity contribution in [1.29, 1.82) is 0 Å². The zero-order chi connectivity index (χ0) is 33.3. The number of halogens is 1. The van der Waals surface area contributed by atoms with Gasteiger partial charge in [-0.2, -0.15) is 10.1 Å². The van der Waals surface area contributed by atoms with Crippen molar-refractivity contribution in [3.63, 3.8) is 0 Å². The molecule has 4 heterocycles. The Morgan fingerprint density at radius 1 is 1.02 bits per heavy atom. The highest BCUT2D eigenvalue weighted by Gasteiger charge is 2.25. The Bertz CT molecular complexity index is 2030. The summed E-state index contributed by atoms with van der Waals surface area (Å²) in [4.78, 5) is 22.6. The van der Waals surface area contributed by atoms with Gasteiger partial charge in [0.2, 0.25) is 16.0 Å². The van der Waals surface area contributed by atoms with Crippen LogP contribution < -0.4 is 25.0 Å². The molecule has 246 valence electrons. The van der Waals surface area contributed by atoms with Crippen LogP contribution in [-0.4, -0.2) is 89.6 Å². The van der Waals surface area contributed by atoms with Crippen LogP contribution in [0, 0.1) is 0 Å². The third kappa shape index (κ3) is 7.24. The molecule has 14 nitrogen and oxygen atoms in total. The van der Waals surface area contributed by atoms with Crippen LogP contribution in [0.1, 0.15) is 12.8 Å². The number of nitrogens with one attached hydrogen (secondary N) is 3. The second-order valence-corrected chi connectivity index (χ2v) is 14.2. The van der Waals surface area contributed by atoms with Gasteiger partial charge in [0.15, 0.2) is 0 Å². The summed E-state index contributed by atoms with van der Waals surface area (Å²) in [5.74, 6) is 1.33. The Labute approximate surface area is 281 Å². The van der Waals surface area contributed by atoms with Crippen molar-refractivity contribution in [3.05, 3.63) is 59.7 Å². The molecule has 0 atom stereocenters. The van der Waals surface area contributed by atoms with Gasteiger partial charge in [-0.15, -0.1) is 0 Å². The molecule has 0 amide bonds. The lowest BCUT2D eigenvalue weighted by Gasteiger charge is -2.37. The van der Waals surface area contributed by atoms with Crippen LogP contribution in [-0.2, 0) is 17.1 Å². The van der Waals surface area contributed by atoms with Crippen LogP contribution in [0.2, 0.25) is 0 Å². The first-order chi connectivity index (χ1) is 22.5. The van der Waals surface area contributed by atoms with Gasteiger partial charge < -0.3 is 25.2 Å². The first kappa shape index (κ1) is 32.4. The van der Waals surface area contributed by atoms with Gasteiger partial charge >= 0.3 is 0 Å². The summed E-state index contributed by atoms with van der Waals surface area (Å²) in [6.45, 7) is 1.85. The van der Waals surface area contributed by atoms with Gasteiger partial charge in [0, 0.05) is 73.8 Å². The van der Waals surface area contributed by atoms with Crippen molar-refractivity contribution in [2.75, 3.05) is 60.8 Å². The maximum Gasteiger partial charge on any atom is 0.229 e. The van der Waals surface area contributed by atoms with Gasteiger partial charge in [-0.3, -0.25) is 19.4 Å². The highest BCUT2D eigenvalue weighted by atomic mass is 79.9. The fourth-order valence-corrected chi connectivity index (χ4v) is 6.57.